The number of nitrogens with one attached hydrogen (secondary N) is 1. The van der Waals surface area contributed by atoms with E-state index < -0.39 is 6.04 Å². The number of nitrogens with two attached hydrogens (primary N) is 1. The second-order valence-corrected chi connectivity index (χ2v) is 3.85. The summed E-state index contributed by atoms with van der Waals surface area (Å²) in [6, 6.07) is -0.500. The molecule has 16 heavy (non-hydrogen) atoms. The molecule has 0 radical (unpaired) electrons. The second-order valence-electron chi connectivity index (χ2n) is 3.85. The lowest BCUT2D eigenvalue weighted by atomic mass is 10.0. The van der Waals surface area contributed by atoms with Crippen LogP contribution in [0.1, 0.15) is 39.5 Å². The minimum atomic E-state index is -0.500. The predicted octanol–water partition coefficient (Wildman–Crippen LogP) is 0.168. The van der Waals surface area contributed by atoms with Crippen LogP contribution in [0.3, 0.4) is 0 Å². The molecule has 0 unspecified atom stereocenters. The van der Waals surface area contributed by atoms with Crippen LogP contribution in [0.4, 0.5) is 0 Å². The summed E-state index contributed by atoms with van der Waals surface area (Å²) in [7, 11) is 0. The Morgan fingerprint density at radius 1 is 1.19 bits per heavy atom. The number of carbonyl (C=O) groups excluding carboxylic acids is 3. The van der Waals surface area contributed by atoms with E-state index in [1.807, 2.05) is 0 Å². The van der Waals surface area contributed by atoms with Gasteiger partial charge in [-0.2, -0.15) is 0 Å². The first-order valence-corrected chi connectivity index (χ1v) is 5.46. The molecule has 0 fully saturated rings. The van der Waals surface area contributed by atoms with E-state index >= 15 is 0 Å². The van der Waals surface area contributed by atoms with Crippen LogP contribution >= 0.6 is 0 Å². The Kier molecular flexibility index (Phi) is 7.37. The fourth-order valence-electron chi connectivity index (χ4n) is 1.35. The number of hydrogen-bond donors (Lipinski definition) is 2. The van der Waals surface area contributed by atoms with E-state index in [0.29, 0.717) is 19.4 Å². The first kappa shape index (κ1) is 14.8. The summed E-state index contributed by atoms with van der Waals surface area (Å²) in [6.07, 6.45) is 1.63. The van der Waals surface area contributed by atoms with E-state index in [4.69, 9.17) is 5.73 Å². The molecule has 0 aliphatic carbocycles. The van der Waals surface area contributed by atoms with Crippen molar-refractivity contribution in [2.75, 3.05) is 6.54 Å². The van der Waals surface area contributed by atoms with E-state index in [0.717, 1.165) is 0 Å². The van der Waals surface area contributed by atoms with Gasteiger partial charge in [-0.05, 0) is 26.3 Å². The Bertz CT molecular complexity index is 264. The van der Waals surface area contributed by atoms with Crippen LogP contribution in [-0.4, -0.2) is 30.1 Å². The maximum Gasteiger partial charge on any atom is 0.217 e. The average molecular weight is 228 g/mol. The molecular weight excluding hydrogens is 208 g/mol. The van der Waals surface area contributed by atoms with Crippen LogP contribution in [-0.2, 0) is 14.4 Å². The van der Waals surface area contributed by atoms with Gasteiger partial charge < -0.3 is 15.8 Å². The molecule has 0 bridgehead atoms. The van der Waals surface area contributed by atoms with Crippen molar-refractivity contribution in [3.8, 4) is 0 Å². The number of carbonyl (C=O) groups is 3. The van der Waals surface area contributed by atoms with Crippen molar-refractivity contribution in [3.63, 3.8) is 0 Å². The van der Waals surface area contributed by atoms with Crippen molar-refractivity contribution in [3.05, 3.63) is 0 Å². The van der Waals surface area contributed by atoms with Crippen molar-refractivity contribution in [2.24, 2.45) is 5.73 Å². The molecule has 0 spiro atoms. The summed E-state index contributed by atoms with van der Waals surface area (Å²) in [6.45, 7) is 3.30. The molecule has 0 aromatic heterocycles. The smallest absolute Gasteiger partial charge is 0.217 e. The van der Waals surface area contributed by atoms with Crippen LogP contribution in [0.5, 0.6) is 0 Å². The molecule has 0 aromatic rings. The van der Waals surface area contributed by atoms with Gasteiger partial charge in [-0.15, -0.1) is 0 Å². The van der Waals surface area contributed by atoms with Gasteiger partial charge in [0, 0.05) is 19.8 Å². The monoisotopic (exact) mass is 228 g/mol. The number of ketones is 2. The molecule has 3 N–H and O–H groups in total. The molecule has 0 rings (SSSR count). The van der Waals surface area contributed by atoms with Crippen molar-refractivity contribution in [1.82, 2.24) is 5.32 Å². The summed E-state index contributed by atoms with van der Waals surface area (Å²) in [5.74, 6) is -0.356. The highest BCUT2D eigenvalue weighted by Crippen LogP contribution is 2.03. The zero-order valence-electron chi connectivity index (χ0n) is 9.91. The molecule has 0 aromatic carbocycles. The van der Waals surface area contributed by atoms with E-state index in [1.165, 1.54) is 13.8 Å². The molecule has 1 atom stereocenters. The van der Waals surface area contributed by atoms with Crippen molar-refractivity contribution in [1.29, 1.82) is 0 Å². The summed E-state index contributed by atoms with van der Waals surface area (Å²) < 4.78 is 0. The molecule has 0 saturated carbocycles. The van der Waals surface area contributed by atoms with Crippen LogP contribution < -0.4 is 11.1 Å². The van der Waals surface area contributed by atoms with E-state index in [1.54, 1.807) is 0 Å². The zero-order valence-corrected chi connectivity index (χ0v) is 9.91. The summed E-state index contributed by atoms with van der Waals surface area (Å²) in [4.78, 5) is 33.3. The highest BCUT2D eigenvalue weighted by Gasteiger charge is 2.18. The largest absolute Gasteiger partial charge is 0.347 e. The van der Waals surface area contributed by atoms with Gasteiger partial charge in [-0.25, -0.2) is 0 Å². The molecule has 92 valence electrons. The highest BCUT2D eigenvalue weighted by atomic mass is 16.2. The molecule has 0 aliphatic rings. The normalized spacial score (nSPS) is 11.9. The Morgan fingerprint density at radius 3 is 2.25 bits per heavy atom. The van der Waals surface area contributed by atoms with Gasteiger partial charge in [0.1, 0.15) is 5.78 Å². The van der Waals surface area contributed by atoms with Crippen LogP contribution in [0.15, 0.2) is 0 Å². The predicted molar refractivity (Wildman–Crippen MR) is 60.8 cm³/mol. The fourth-order valence-corrected chi connectivity index (χ4v) is 1.35. The van der Waals surface area contributed by atoms with Crippen LogP contribution in [0.2, 0.25) is 0 Å². The van der Waals surface area contributed by atoms with Gasteiger partial charge in [0.25, 0.3) is 0 Å². The average Bonchev–Trinajstić information content (AvgIpc) is 2.20. The SMILES string of the molecule is CC(=O)CCC(=O)[C@H](CCCN)NC(C)=O. The first-order valence-electron chi connectivity index (χ1n) is 5.46. The fraction of sp³-hybridized carbons (Fsp3) is 0.727. The molecule has 0 heterocycles. The first-order chi connectivity index (χ1) is 7.47. The van der Waals surface area contributed by atoms with E-state index in [9.17, 15) is 14.4 Å². The van der Waals surface area contributed by atoms with Crippen molar-refractivity contribution in [2.45, 2.75) is 45.6 Å². The number of hydrogen-bond acceptors (Lipinski definition) is 4. The number of amides is 1. The molecule has 0 aliphatic heterocycles. The third-order valence-corrected chi connectivity index (χ3v) is 2.19. The quantitative estimate of drug-likeness (QED) is 0.619. The van der Waals surface area contributed by atoms with E-state index in [-0.39, 0.29) is 30.3 Å². The number of Topliss-reactive ketones (excluding diaryl/α,β-unsaturated/α-hetero) is 2. The molecular formula is C11H20N2O3. The number of rotatable bonds is 8. The Morgan fingerprint density at radius 2 is 1.81 bits per heavy atom. The van der Waals surface area contributed by atoms with Crippen LogP contribution in [0, 0.1) is 0 Å². The van der Waals surface area contributed by atoms with Crippen LogP contribution in [0.25, 0.3) is 0 Å². The maximum atomic E-state index is 11.7. The van der Waals surface area contributed by atoms with Gasteiger partial charge >= 0.3 is 0 Å². The molecule has 5 heteroatoms. The summed E-state index contributed by atoms with van der Waals surface area (Å²) in [5.41, 5.74) is 5.35. The third-order valence-electron chi connectivity index (χ3n) is 2.19. The van der Waals surface area contributed by atoms with E-state index in [2.05, 4.69) is 5.32 Å². The van der Waals surface area contributed by atoms with Crippen molar-refractivity contribution < 1.29 is 14.4 Å². The Hall–Kier alpha value is -1.23. The molecule has 5 nitrogen and oxygen atoms in total. The topological polar surface area (TPSA) is 89.3 Å². The molecule has 0 saturated heterocycles. The lowest BCUT2D eigenvalue weighted by Gasteiger charge is -2.15. The highest BCUT2D eigenvalue weighted by molar-refractivity contribution is 5.91. The third kappa shape index (κ3) is 7.11. The van der Waals surface area contributed by atoms with Gasteiger partial charge in [0.05, 0.1) is 6.04 Å². The lowest BCUT2D eigenvalue weighted by molar-refractivity contribution is -0.128. The minimum Gasteiger partial charge on any atom is -0.347 e. The standard InChI is InChI=1S/C11H20N2O3/c1-8(14)5-6-11(16)10(4-3-7-12)13-9(2)15/h10H,3-7,12H2,1-2H3,(H,13,15)/t10-/m0/s1. The Balaban J connectivity index is 4.19. The minimum absolute atomic E-state index is 0.0197. The van der Waals surface area contributed by atoms with Crippen molar-refractivity contribution >= 4 is 17.5 Å². The second kappa shape index (κ2) is 7.98. The van der Waals surface area contributed by atoms with Gasteiger partial charge in [0.2, 0.25) is 5.91 Å². The zero-order chi connectivity index (χ0) is 12.6. The van der Waals surface area contributed by atoms with Gasteiger partial charge in [-0.3, -0.25) is 9.59 Å². The molecule has 1 amide bonds. The maximum absolute atomic E-state index is 11.7. The van der Waals surface area contributed by atoms with Gasteiger partial charge in [0.15, 0.2) is 5.78 Å². The summed E-state index contributed by atoms with van der Waals surface area (Å²) in [5, 5.41) is 2.58. The van der Waals surface area contributed by atoms with Gasteiger partial charge in [-0.1, -0.05) is 0 Å². The Labute approximate surface area is 95.8 Å². The summed E-state index contributed by atoms with van der Waals surface area (Å²) >= 11 is 0. The lowest BCUT2D eigenvalue weighted by Crippen LogP contribution is -2.40.